The van der Waals surface area contributed by atoms with Gasteiger partial charge in [-0.25, -0.2) is 8.78 Å². The van der Waals surface area contributed by atoms with Gasteiger partial charge in [-0.15, -0.1) is 5.10 Å². The smallest absolute Gasteiger partial charge is 0.316 e. The van der Waals surface area contributed by atoms with E-state index in [-0.39, 0.29) is 23.0 Å². The summed E-state index contributed by atoms with van der Waals surface area (Å²) in [5, 5.41) is 10.4. The first kappa shape index (κ1) is 12.5. The number of halogens is 2. The van der Waals surface area contributed by atoms with Gasteiger partial charge in [-0.3, -0.25) is 0 Å². The molecule has 0 aliphatic rings. The van der Waals surface area contributed by atoms with Crippen LogP contribution in [0.4, 0.5) is 14.8 Å². The number of aromatic nitrogens is 2. The second-order valence-corrected chi connectivity index (χ2v) is 4.91. The molecule has 1 aromatic heterocycles. The SMILES string of the molecule is CC(C)(C)Nc1nnc(-c2ccc(F)cc2F)o1. The second kappa shape index (κ2) is 4.36. The van der Waals surface area contributed by atoms with Crippen molar-refractivity contribution in [3.05, 3.63) is 29.8 Å². The summed E-state index contributed by atoms with van der Waals surface area (Å²) >= 11 is 0. The van der Waals surface area contributed by atoms with Crippen LogP contribution in [-0.2, 0) is 0 Å². The van der Waals surface area contributed by atoms with Gasteiger partial charge in [0.15, 0.2) is 0 Å². The largest absolute Gasteiger partial charge is 0.403 e. The fourth-order valence-corrected chi connectivity index (χ4v) is 1.37. The number of nitrogens with one attached hydrogen (secondary N) is 1. The van der Waals surface area contributed by atoms with Crippen LogP contribution in [0.25, 0.3) is 11.5 Å². The van der Waals surface area contributed by atoms with Crippen molar-refractivity contribution in [3.63, 3.8) is 0 Å². The number of anilines is 1. The molecule has 0 unspecified atom stereocenters. The van der Waals surface area contributed by atoms with E-state index >= 15 is 0 Å². The maximum atomic E-state index is 13.5. The Morgan fingerprint density at radius 3 is 2.50 bits per heavy atom. The zero-order valence-corrected chi connectivity index (χ0v) is 10.3. The standard InChI is InChI=1S/C12H13F2N3O/c1-12(2,3)15-11-17-16-10(18-11)8-5-4-7(13)6-9(8)14/h4-6H,1-3H3,(H,15,17). The average molecular weight is 253 g/mol. The molecule has 96 valence electrons. The lowest BCUT2D eigenvalue weighted by molar-refractivity contribution is 0.532. The van der Waals surface area contributed by atoms with Gasteiger partial charge < -0.3 is 9.73 Å². The van der Waals surface area contributed by atoms with Gasteiger partial charge in [0.05, 0.1) is 5.56 Å². The van der Waals surface area contributed by atoms with Crippen LogP contribution in [0.3, 0.4) is 0 Å². The Morgan fingerprint density at radius 2 is 1.89 bits per heavy atom. The molecule has 6 heteroatoms. The Kier molecular flexibility index (Phi) is 3.02. The van der Waals surface area contributed by atoms with E-state index in [2.05, 4.69) is 15.5 Å². The lowest BCUT2D eigenvalue weighted by Gasteiger charge is -2.17. The Balaban J connectivity index is 2.29. The molecule has 0 aliphatic carbocycles. The molecule has 4 nitrogen and oxygen atoms in total. The number of nitrogens with zero attached hydrogens (tertiary/aromatic N) is 2. The van der Waals surface area contributed by atoms with Gasteiger partial charge in [0, 0.05) is 11.6 Å². The third kappa shape index (κ3) is 2.82. The first-order chi connectivity index (χ1) is 8.35. The van der Waals surface area contributed by atoms with Crippen molar-refractivity contribution in [3.8, 4) is 11.5 Å². The van der Waals surface area contributed by atoms with Crippen LogP contribution >= 0.6 is 0 Å². The zero-order valence-electron chi connectivity index (χ0n) is 10.3. The average Bonchev–Trinajstić information content (AvgIpc) is 2.63. The van der Waals surface area contributed by atoms with Crippen molar-refractivity contribution in [2.45, 2.75) is 26.3 Å². The topological polar surface area (TPSA) is 51.0 Å². The molecule has 0 spiro atoms. The molecule has 18 heavy (non-hydrogen) atoms. The van der Waals surface area contributed by atoms with E-state index in [1.54, 1.807) is 0 Å². The summed E-state index contributed by atoms with van der Waals surface area (Å²) < 4.78 is 31.5. The highest BCUT2D eigenvalue weighted by molar-refractivity contribution is 5.54. The molecule has 2 rings (SSSR count). The monoisotopic (exact) mass is 253 g/mol. The van der Waals surface area contributed by atoms with Crippen LogP contribution in [-0.4, -0.2) is 15.7 Å². The summed E-state index contributed by atoms with van der Waals surface area (Å²) in [5.74, 6) is -1.37. The van der Waals surface area contributed by atoms with Crippen LogP contribution < -0.4 is 5.32 Å². The van der Waals surface area contributed by atoms with Gasteiger partial charge in [-0.05, 0) is 32.9 Å². The minimum atomic E-state index is -0.735. The predicted octanol–water partition coefficient (Wildman–Crippen LogP) is 3.23. The van der Waals surface area contributed by atoms with E-state index in [1.165, 1.54) is 6.07 Å². The van der Waals surface area contributed by atoms with E-state index in [0.717, 1.165) is 12.1 Å². The molecule has 0 aliphatic heterocycles. The molecule has 0 radical (unpaired) electrons. The number of rotatable bonds is 2. The van der Waals surface area contributed by atoms with E-state index in [0.29, 0.717) is 0 Å². The Hall–Kier alpha value is -1.98. The fraction of sp³-hybridized carbons (Fsp3) is 0.333. The maximum Gasteiger partial charge on any atom is 0.316 e. The van der Waals surface area contributed by atoms with E-state index < -0.39 is 11.6 Å². The third-order valence-corrected chi connectivity index (χ3v) is 2.07. The summed E-state index contributed by atoms with van der Waals surface area (Å²) in [5.41, 5.74) is -0.170. The lowest BCUT2D eigenvalue weighted by Crippen LogP contribution is -2.26. The molecule has 0 amide bonds. The van der Waals surface area contributed by atoms with Crippen LogP contribution in [0.5, 0.6) is 0 Å². The molecule has 1 aromatic carbocycles. The summed E-state index contributed by atoms with van der Waals surface area (Å²) in [4.78, 5) is 0. The molecular weight excluding hydrogens is 240 g/mol. The molecule has 0 saturated carbocycles. The molecular formula is C12H13F2N3O. The van der Waals surface area contributed by atoms with Crippen molar-refractivity contribution in [1.29, 1.82) is 0 Å². The third-order valence-electron chi connectivity index (χ3n) is 2.07. The summed E-state index contributed by atoms with van der Waals surface area (Å²) in [6.07, 6.45) is 0. The van der Waals surface area contributed by atoms with Gasteiger partial charge >= 0.3 is 6.01 Å². The first-order valence-electron chi connectivity index (χ1n) is 5.42. The fourth-order valence-electron chi connectivity index (χ4n) is 1.37. The second-order valence-electron chi connectivity index (χ2n) is 4.91. The highest BCUT2D eigenvalue weighted by Gasteiger charge is 2.17. The molecule has 0 bridgehead atoms. The van der Waals surface area contributed by atoms with Crippen LogP contribution in [0, 0.1) is 11.6 Å². The van der Waals surface area contributed by atoms with Gasteiger partial charge in [-0.1, -0.05) is 5.10 Å². The van der Waals surface area contributed by atoms with Crippen LogP contribution in [0.1, 0.15) is 20.8 Å². The summed E-state index contributed by atoms with van der Waals surface area (Å²) in [6, 6.07) is 3.37. The minimum absolute atomic E-state index is 0.0132. The Labute approximate surface area is 103 Å². The first-order valence-corrected chi connectivity index (χ1v) is 5.42. The van der Waals surface area contributed by atoms with Crippen molar-refractivity contribution in [1.82, 2.24) is 10.2 Å². The summed E-state index contributed by atoms with van der Waals surface area (Å²) in [6.45, 7) is 5.78. The van der Waals surface area contributed by atoms with Crippen molar-refractivity contribution >= 4 is 6.01 Å². The van der Waals surface area contributed by atoms with Crippen molar-refractivity contribution in [2.75, 3.05) is 5.32 Å². The quantitative estimate of drug-likeness (QED) is 0.892. The van der Waals surface area contributed by atoms with Gasteiger partial charge in [0.25, 0.3) is 5.89 Å². The normalized spacial score (nSPS) is 11.6. The van der Waals surface area contributed by atoms with Gasteiger partial charge in [0.2, 0.25) is 0 Å². The number of hydrogen-bond donors (Lipinski definition) is 1. The van der Waals surface area contributed by atoms with E-state index in [9.17, 15) is 8.78 Å². The van der Waals surface area contributed by atoms with Gasteiger partial charge in [-0.2, -0.15) is 0 Å². The molecule has 0 atom stereocenters. The Bertz CT molecular complexity index is 561. The summed E-state index contributed by atoms with van der Waals surface area (Å²) in [7, 11) is 0. The molecule has 0 saturated heterocycles. The lowest BCUT2D eigenvalue weighted by atomic mass is 10.1. The van der Waals surface area contributed by atoms with Crippen LogP contribution in [0.15, 0.2) is 22.6 Å². The highest BCUT2D eigenvalue weighted by atomic mass is 19.1. The molecule has 1 heterocycles. The Morgan fingerprint density at radius 1 is 1.17 bits per heavy atom. The zero-order chi connectivity index (χ0) is 13.3. The van der Waals surface area contributed by atoms with Crippen molar-refractivity contribution in [2.24, 2.45) is 0 Å². The maximum absolute atomic E-state index is 13.5. The molecule has 1 N–H and O–H groups in total. The van der Waals surface area contributed by atoms with E-state index in [1.807, 2.05) is 20.8 Å². The highest BCUT2D eigenvalue weighted by Crippen LogP contribution is 2.24. The van der Waals surface area contributed by atoms with Crippen LogP contribution in [0.2, 0.25) is 0 Å². The predicted molar refractivity (Wildman–Crippen MR) is 63.0 cm³/mol. The molecule has 2 aromatic rings. The van der Waals surface area contributed by atoms with E-state index in [4.69, 9.17) is 4.42 Å². The number of benzene rings is 1. The van der Waals surface area contributed by atoms with Crippen molar-refractivity contribution < 1.29 is 13.2 Å². The molecule has 0 fully saturated rings. The van der Waals surface area contributed by atoms with Gasteiger partial charge in [0.1, 0.15) is 11.6 Å². The minimum Gasteiger partial charge on any atom is -0.403 e. The number of hydrogen-bond acceptors (Lipinski definition) is 4.